The van der Waals surface area contributed by atoms with Crippen LogP contribution in [0.25, 0.3) is 0 Å². The summed E-state index contributed by atoms with van der Waals surface area (Å²) in [5.74, 6) is 0. The number of nitrogens with zero attached hydrogens (tertiary/aromatic N) is 1. The van der Waals surface area contributed by atoms with Gasteiger partial charge in [0.25, 0.3) is 0 Å². The van der Waals surface area contributed by atoms with Crippen molar-refractivity contribution in [3.05, 3.63) is 0 Å². The van der Waals surface area contributed by atoms with Crippen LogP contribution in [-0.2, 0) is 29.5 Å². The average molecular weight is 269 g/mol. The van der Waals surface area contributed by atoms with E-state index in [0.717, 1.165) is 0 Å². The zero-order valence-electron chi connectivity index (χ0n) is 7.52. The third-order valence-corrected chi connectivity index (χ3v) is 0.766. The molecule has 0 spiro atoms. The number of hydrogen-bond donors (Lipinski definition) is 4. The summed E-state index contributed by atoms with van der Waals surface area (Å²) in [5.41, 5.74) is 0. The maximum absolute atomic E-state index is 9.51. The maximum atomic E-state index is 9.51. The molecule has 0 saturated carbocycles. The Bertz CT molecular complexity index is 331. The predicted octanol–water partition coefficient (Wildman–Crippen LogP) is -0.606. The summed E-state index contributed by atoms with van der Waals surface area (Å²) >= 11 is 0. The third kappa shape index (κ3) is 43.2. The molecule has 0 aliphatic rings. The molecule has 8 N–H and O–H groups in total. The highest BCUT2D eigenvalue weighted by molar-refractivity contribution is 7.83. The van der Waals surface area contributed by atoms with Crippen molar-refractivity contribution >= 4 is 20.8 Å². The fraction of sp³-hybridized carbons (Fsp3) is 0.500. The van der Waals surface area contributed by atoms with Crippen LogP contribution in [0.2, 0.25) is 0 Å². The lowest BCUT2D eigenvalue weighted by atomic mass is 11.0. The van der Waals surface area contributed by atoms with E-state index in [1.807, 2.05) is 0 Å². The van der Waals surface area contributed by atoms with E-state index >= 15 is 0 Å². The predicted molar refractivity (Wildman–Crippen MR) is 46.6 cm³/mol. The van der Waals surface area contributed by atoms with E-state index in [2.05, 4.69) is 8.67 Å². The van der Waals surface area contributed by atoms with Crippen molar-refractivity contribution < 1.29 is 34.6 Å². The summed E-state index contributed by atoms with van der Waals surface area (Å²) < 4.78 is 58.9. The lowest BCUT2D eigenvalue weighted by Crippen LogP contribution is -2.10. The molecule has 0 aliphatic carbocycles. The Labute approximate surface area is 86.6 Å². The van der Waals surface area contributed by atoms with E-state index in [4.69, 9.17) is 14.4 Å². The second kappa shape index (κ2) is 9.70. The molecule has 0 bridgehead atoms. The molecule has 0 fully saturated rings. The van der Waals surface area contributed by atoms with Crippen molar-refractivity contribution in [3.63, 3.8) is 0 Å². The molecule has 0 aromatic carbocycles. The second-order valence-corrected chi connectivity index (χ2v) is 3.20. The molecule has 0 atom stereocenters. The van der Waals surface area contributed by atoms with Gasteiger partial charge in [0.1, 0.15) is 0 Å². The molecule has 0 unspecified atom stereocenters. The summed E-state index contributed by atoms with van der Waals surface area (Å²) in [5, 5.41) is 7.32. The molecule has 15 heavy (non-hydrogen) atoms. The largest absolute Gasteiger partial charge is 0.425 e. The smallest absolute Gasteiger partial charge is 0.344 e. The van der Waals surface area contributed by atoms with Crippen LogP contribution in [-0.4, -0.2) is 25.9 Å². The molecule has 0 rings (SSSR count). The first-order valence-corrected chi connectivity index (χ1v) is 4.99. The minimum atomic E-state index is -5.02. The van der Waals surface area contributed by atoms with Crippen LogP contribution >= 0.6 is 0 Å². The van der Waals surface area contributed by atoms with E-state index in [1.54, 1.807) is 6.07 Å². The van der Waals surface area contributed by atoms with Crippen LogP contribution in [0.3, 0.4) is 0 Å². The monoisotopic (exact) mass is 269 g/mol. The number of hydrogen-bond acceptors (Lipinski definition) is 9. The molecule has 0 amide bonds. The minimum absolute atomic E-state index is 0. The van der Waals surface area contributed by atoms with E-state index in [1.165, 1.54) is 6.92 Å². The van der Waals surface area contributed by atoms with Gasteiger partial charge in [-0.3, -0.25) is 9.11 Å². The van der Waals surface area contributed by atoms with Crippen molar-refractivity contribution in [3.8, 4) is 6.07 Å². The highest BCUT2D eigenvalue weighted by Crippen LogP contribution is 1.92. The Balaban J connectivity index is -0.000000108. The molecular formula is C2H11N3O8S2. The molecular weight excluding hydrogens is 258 g/mol. The minimum Gasteiger partial charge on any atom is -0.344 e. The second-order valence-electron chi connectivity index (χ2n) is 1.22. The van der Waals surface area contributed by atoms with Gasteiger partial charge in [-0.15, -0.1) is 0 Å². The molecule has 0 aliphatic heterocycles. The van der Waals surface area contributed by atoms with Gasteiger partial charge in [-0.2, -0.15) is 22.1 Å². The Hall–Kier alpha value is -0.850. The van der Waals surface area contributed by atoms with Gasteiger partial charge in [-0.05, 0) is 0 Å². The third-order valence-electron chi connectivity index (χ3n) is 0.200. The quantitative estimate of drug-likeness (QED) is 0.287. The van der Waals surface area contributed by atoms with Crippen molar-refractivity contribution in [1.82, 2.24) is 12.3 Å². The van der Waals surface area contributed by atoms with Crippen LogP contribution < -0.4 is 12.3 Å². The van der Waals surface area contributed by atoms with Crippen LogP contribution in [0.1, 0.15) is 6.92 Å². The molecule has 0 aromatic heterocycles. The molecule has 94 valence electrons. The molecule has 0 aromatic rings. The van der Waals surface area contributed by atoms with E-state index < -0.39 is 20.8 Å². The van der Waals surface area contributed by atoms with Gasteiger partial charge in [0, 0.05) is 6.92 Å². The van der Waals surface area contributed by atoms with Gasteiger partial charge in [-0.1, -0.05) is 8.67 Å². The van der Waals surface area contributed by atoms with Crippen LogP contribution in [0.5, 0.6) is 0 Å². The van der Waals surface area contributed by atoms with Gasteiger partial charge in [0.2, 0.25) is 0 Å². The SMILES string of the molecule is CC#N.N.N.O=S(=O)(O)OOS(=O)(=O)O. The van der Waals surface area contributed by atoms with E-state index in [-0.39, 0.29) is 12.3 Å². The topological polar surface area (TPSA) is 221 Å². The zero-order chi connectivity index (χ0) is 11.1. The average Bonchev–Trinajstić information content (AvgIpc) is 1.82. The van der Waals surface area contributed by atoms with Gasteiger partial charge in [0.05, 0.1) is 6.07 Å². The highest BCUT2D eigenvalue weighted by atomic mass is 32.3. The summed E-state index contributed by atoms with van der Waals surface area (Å²) in [4.78, 5) is 0. The molecule has 0 saturated heterocycles. The fourth-order valence-corrected chi connectivity index (χ4v) is 0.632. The molecule has 0 heterocycles. The van der Waals surface area contributed by atoms with Crippen molar-refractivity contribution in [2.24, 2.45) is 0 Å². The van der Waals surface area contributed by atoms with E-state index in [9.17, 15) is 16.8 Å². The molecule has 11 nitrogen and oxygen atoms in total. The Morgan fingerprint density at radius 2 is 1.13 bits per heavy atom. The zero-order valence-corrected chi connectivity index (χ0v) is 9.15. The van der Waals surface area contributed by atoms with Crippen molar-refractivity contribution in [2.45, 2.75) is 6.92 Å². The standard InChI is InChI=1S/C2H3N.2H3N.H2O8S2/c1-2-3;;;1-9(2,3)7-8-10(4,5)6/h1H3;2*1H3;(H,1,2,3)(H,4,5,6). The Morgan fingerprint density at radius 1 is 1.00 bits per heavy atom. The maximum Gasteiger partial charge on any atom is 0.425 e. The summed E-state index contributed by atoms with van der Waals surface area (Å²) in [6.45, 7) is 1.43. The first-order chi connectivity index (χ1) is 5.62. The van der Waals surface area contributed by atoms with Gasteiger partial charge >= 0.3 is 20.8 Å². The number of rotatable bonds is 3. The Kier molecular flexibility index (Phi) is 15.4. The summed E-state index contributed by atoms with van der Waals surface area (Å²) in [7, 11) is -10.0. The normalized spacial score (nSPS) is 9.47. The first kappa shape index (κ1) is 23.8. The van der Waals surface area contributed by atoms with E-state index in [0.29, 0.717) is 0 Å². The molecule has 0 radical (unpaired) electrons. The lowest BCUT2D eigenvalue weighted by Gasteiger charge is -1.92. The fourth-order valence-electron chi connectivity index (χ4n) is 0.0702. The van der Waals surface area contributed by atoms with Crippen molar-refractivity contribution in [1.29, 1.82) is 5.26 Å². The van der Waals surface area contributed by atoms with Gasteiger partial charge in [-0.25, -0.2) is 0 Å². The van der Waals surface area contributed by atoms with Crippen LogP contribution in [0.4, 0.5) is 0 Å². The highest BCUT2D eigenvalue weighted by Gasteiger charge is 2.13. The summed E-state index contributed by atoms with van der Waals surface area (Å²) in [6, 6.07) is 1.75. The lowest BCUT2D eigenvalue weighted by molar-refractivity contribution is -0.105. The Morgan fingerprint density at radius 3 is 1.20 bits per heavy atom. The van der Waals surface area contributed by atoms with Crippen LogP contribution in [0.15, 0.2) is 0 Å². The van der Waals surface area contributed by atoms with Gasteiger partial charge < -0.3 is 12.3 Å². The van der Waals surface area contributed by atoms with Crippen LogP contribution in [0, 0.1) is 11.3 Å². The van der Waals surface area contributed by atoms with Crippen molar-refractivity contribution in [2.75, 3.05) is 0 Å². The number of nitriles is 1. The first-order valence-electron chi connectivity index (χ1n) is 2.26. The summed E-state index contributed by atoms with van der Waals surface area (Å²) in [6.07, 6.45) is 0. The van der Waals surface area contributed by atoms with Gasteiger partial charge in [0.15, 0.2) is 0 Å². The molecule has 13 heteroatoms.